The van der Waals surface area contributed by atoms with E-state index in [2.05, 4.69) is 4.98 Å². The Labute approximate surface area is 81.0 Å². The van der Waals surface area contributed by atoms with E-state index >= 15 is 0 Å². The molecule has 1 aromatic heterocycles. The van der Waals surface area contributed by atoms with Crippen LogP contribution in [0.5, 0.6) is 0 Å². The first-order chi connectivity index (χ1) is 4.34. The largest absolute Gasteiger partial charge is 1.00 e. The number of nitrogen functional groups attached to an aromatic ring is 1. The van der Waals surface area contributed by atoms with Crippen molar-refractivity contribution in [2.45, 2.75) is 5.16 Å². The van der Waals surface area contributed by atoms with Gasteiger partial charge in [-0.3, -0.25) is 5.84 Å². The van der Waals surface area contributed by atoms with Crippen molar-refractivity contribution in [3.8, 4) is 0 Å². The van der Waals surface area contributed by atoms with E-state index in [1.807, 2.05) is 6.26 Å². The number of nitrogens with two attached hydrogens (primary N) is 1. The van der Waals surface area contributed by atoms with Crippen molar-refractivity contribution < 1.29 is 28.7 Å². The van der Waals surface area contributed by atoms with Crippen molar-refractivity contribution in [3.63, 3.8) is 0 Å². The third-order valence-corrected chi connectivity index (χ3v) is 1.60. The van der Waals surface area contributed by atoms with Gasteiger partial charge in [0, 0.05) is 6.07 Å². The van der Waals surface area contributed by atoms with Gasteiger partial charge < -0.3 is 24.0 Å². The van der Waals surface area contributed by atoms with Crippen LogP contribution in [-0.2, 0) is 0 Å². The zero-order valence-electron chi connectivity index (χ0n) is 5.49. The smallest absolute Gasteiger partial charge is 0.381 e. The van der Waals surface area contributed by atoms with Gasteiger partial charge in [-0.1, -0.05) is 0 Å². The van der Waals surface area contributed by atoms with Gasteiger partial charge in [-0.2, -0.15) is 0 Å². The highest BCUT2D eigenvalue weighted by Gasteiger charge is 2.03. The van der Waals surface area contributed by atoms with Crippen LogP contribution in [0.25, 0.3) is 0 Å². The van der Waals surface area contributed by atoms with E-state index in [0.717, 1.165) is 5.16 Å². The second kappa shape index (κ2) is 4.73. The van der Waals surface area contributed by atoms with Crippen molar-refractivity contribution in [1.82, 2.24) is 4.98 Å². The van der Waals surface area contributed by atoms with Crippen LogP contribution in [-0.4, -0.2) is 11.2 Å². The predicted octanol–water partition coefficient (Wildman–Crippen LogP) is -3.19. The summed E-state index contributed by atoms with van der Waals surface area (Å²) in [4.78, 5) is 4.00. The first-order valence-electron chi connectivity index (χ1n) is 2.50. The summed E-state index contributed by atoms with van der Waals surface area (Å²) in [5, 5.41) is 0.817. The molecule has 10 heavy (non-hydrogen) atoms. The van der Waals surface area contributed by atoms with E-state index in [9.17, 15) is 0 Å². The van der Waals surface area contributed by atoms with E-state index in [-0.39, 0.29) is 24.0 Å². The molecule has 0 aromatic carbocycles. The van der Waals surface area contributed by atoms with Crippen LogP contribution in [0.3, 0.4) is 0 Å². The Bertz CT molecular complexity index is 206. The Kier molecular flexibility index (Phi) is 4.71. The van der Waals surface area contributed by atoms with Crippen molar-refractivity contribution in [3.05, 3.63) is 18.5 Å². The average Bonchev–Trinajstić information content (AvgIpc) is 1.89. The number of hydrogen-bond acceptors (Lipinski definition) is 3. The molecule has 0 unspecified atom stereocenters. The Hall–Kier alpha value is -0.0400. The fraction of sp³-hybridized carbons (Fsp3) is 0.200. The quantitative estimate of drug-likeness (QED) is 0.192. The minimum atomic E-state index is 0. The van der Waals surface area contributed by atoms with Crippen molar-refractivity contribution in [1.29, 1.82) is 0 Å². The Morgan fingerprint density at radius 3 is 2.80 bits per heavy atom. The van der Waals surface area contributed by atoms with Gasteiger partial charge in [0.25, 0.3) is 0 Å². The molecular weight excluding hydrogens is 261 g/mol. The van der Waals surface area contributed by atoms with E-state index < -0.39 is 0 Å². The molecular formula is C5H8IN3S. The van der Waals surface area contributed by atoms with Gasteiger partial charge in [-0.25, -0.2) is 0 Å². The van der Waals surface area contributed by atoms with Crippen molar-refractivity contribution >= 4 is 11.8 Å². The summed E-state index contributed by atoms with van der Waals surface area (Å²) < 4.78 is 1.49. The lowest BCUT2D eigenvalue weighted by Gasteiger charge is -1.89. The van der Waals surface area contributed by atoms with Crippen LogP contribution in [0, 0.1) is 0 Å². The normalized spacial score (nSPS) is 8.50. The van der Waals surface area contributed by atoms with Crippen LogP contribution in [0.2, 0.25) is 0 Å². The summed E-state index contributed by atoms with van der Waals surface area (Å²) in [5.41, 5.74) is 0. The second-order valence-corrected chi connectivity index (χ2v) is 2.29. The third kappa shape index (κ3) is 2.30. The van der Waals surface area contributed by atoms with Crippen LogP contribution >= 0.6 is 11.8 Å². The van der Waals surface area contributed by atoms with Crippen LogP contribution < -0.4 is 34.5 Å². The van der Waals surface area contributed by atoms with Crippen LogP contribution in [0.4, 0.5) is 0 Å². The first-order valence-corrected chi connectivity index (χ1v) is 3.73. The van der Waals surface area contributed by atoms with Gasteiger partial charge in [-0.05, 0) is 23.0 Å². The average molecular weight is 269 g/mol. The molecule has 0 atom stereocenters. The molecule has 0 spiro atoms. The minimum absolute atomic E-state index is 0. The SMILES string of the molecule is CSc1nccc[n+]1N.[I-]. The molecule has 0 bridgehead atoms. The molecule has 56 valence electrons. The van der Waals surface area contributed by atoms with Gasteiger partial charge >= 0.3 is 5.16 Å². The Balaban J connectivity index is 0.000000810. The van der Waals surface area contributed by atoms with Crippen molar-refractivity contribution in [2.24, 2.45) is 0 Å². The van der Waals surface area contributed by atoms with Crippen LogP contribution in [0.1, 0.15) is 0 Å². The maximum Gasteiger partial charge on any atom is 0.381 e. The zero-order chi connectivity index (χ0) is 6.69. The molecule has 0 saturated carbocycles. The molecule has 1 rings (SSSR count). The summed E-state index contributed by atoms with van der Waals surface area (Å²) >= 11 is 1.52. The summed E-state index contributed by atoms with van der Waals surface area (Å²) in [6.45, 7) is 0. The lowest BCUT2D eigenvalue weighted by Crippen LogP contribution is -3.00. The molecule has 2 N–H and O–H groups in total. The second-order valence-electron chi connectivity index (χ2n) is 1.51. The number of rotatable bonds is 1. The molecule has 3 nitrogen and oxygen atoms in total. The third-order valence-electron chi connectivity index (χ3n) is 0.921. The first kappa shape index (κ1) is 9.96. The molecule has 0 amide bonds. The van der Waals surface area contributed by atoms with Gasteiger partial charge in [0.1, 0.15) is 12.4 Å². The topological polar surface area (TPSA) is 42.8 Å². The maximum absolute atomic E-state index is 5.46. The number of nitrogens with zero attached hydrogens (tertiary/aromatic N) is 2. The highest BCUT2D eigenvalue weighted by atomic mass is 127. The molecule has 5 heteroatoms. The summed E-state index contributed by atoms with van der Waals surface area (Å²) in [7, 11) is 0. The summed E-state index contributed by atoms with van der Waals surface area (Å²) in [6.07, 6.45) is 5.42. The fourth-order valence-corrected chi connectivity index (χ4v) is 0.964. The molecule has 1 aromatic rings. The zero-order valence-corrected chi connectivity index (χ0v) is 8.46. The highest BCUT2D eigenvalue weighted by Crippen LogP contribution is 2.00. The monoisotopic (exact) mass is 269 g/mol. The Morgan fingerprint density at radius 2 is 2.40 bits per heavy atom. The molecule has 0 saturated heterocycles. The van der Waals surface area contributed by atoms with E-state index in [4.69, 9.17) is 5.84 Å². The number of aromatic nitrogens is 2. The number of hydrogen-bond donors (Lipinski definition) is 1. The van der Waals surface area contributed by atoms with Gasteiger partial charge in [-0.15, -0.1) is 4.68 Å². The number of thioether (sulfide) groups is 1. The Morgan fingerprint density at radius 1 is 1.70 bits per heavy atom. The van der Waals surface area contributed by atoms with E-state index in [1.54, 1.807) is 18.5 Å². The highest BCUT2D eigenvalue weighted by molar-refractivity contribution is 7.98. The van der Waals surface area contributed by atoms with Gasteiger partial charge in [0.2, 0.25) is 0 Å². The lowest BCUT2D eigenvalue weighted by molar-refractivity contribution is -0.682. The van der Waals surface area contributed by atoms with Crippen molar-refractivity contribution in [2.75, 3.05) is 12.1 Å². The summed E-state index contributed by atoms with van der Waals surface area (Å²) in [5.74, 6) is 5.46. The summed E-state index contributed by atoms with van der Waals surface area (Å²) in [6, 6.07) is 1.79. The maximum atomic E-state index is 5.46. The standard InChI is InChI=1S/C5H8N3S.HI/c1-9-5-7-3-2-4-8(5)6;/h2-4H,6H2,1H3;1H/q+1;/p-1. The van der Waals surface area contributed by atoms with Crippen LogP contribution in [0.15, 0.2) is 23.6 Å². The molecule has 0 fully saturated rings. The van der Waals surface area contributed by atoms with E-state index in [0.29, 0.717) is 0 Å². The molecule has 0 aliphatic rings. The van der Waals surface area contributed by atoms with Gasteiger partial charge in [0.05, 0.1) is 0 Å². The molecule has 0 aliphatic heterocycles. The lowest BCUT2D eigenvalue weighted by atomic mass is 10.7. The fourth-order valence-electron chi connectivity index (χ4n) is 0.527. The molecule has 1 heterocycles. The molecule has 0 aliphatic carbocycles. The predicted molar refractivity (Wildman–Crippen MR) is 36.4 cm³/mol. The molecule has 0 radical (unpaired) electrons. The minimum Gasteiger partial charge on any atom is -1.00 e. The number of halogens is 1. The van der Waals surface area contributed by atoms with E-state index in [1.165, 1.54) is 16.4 Å². The van der Waals surface area contributed by atoms with Gasteiger partial charge in [0.15, 0.2) is 0 Å².